The number of ether oxygens (including phenoxy) is 1. The van der Waals surface area contributed by atoms with Crippen molar-refractivity contribution in [3.63, 3.8) is 0 Å². The van der Waals surface area contributed by atoms with Gasteiger partial charge in [-0.05, 0) is 75.4 Å². The van der Waals surface area contributed by atoms with Gasteiger partial charge in [0.15, 0.2) is 0 Å². The van der Waals surface area contributed by atoms with Gasteiger partial charge in [-0.3, -0.25) is 4.79 Å². The number of allylic oxidation sites excluding steroid dienone is 1. The third-order valence-electron chi connectivity index (χ3n) is 4.58. The van der Waals surface area contributed by atoms with E-state index in [1.165, 1.54) is 31.3 Å². The van der Waals surface area contributed by atoms with E-state index in [2.05, 4.69) is 21.7 Å². The van der Waals surface area contributed by atoms with Crippen LogP contribution < -0.4 is 15.4 Å². The Bertz CT molecular complexity index is 767. The highest BCUT2D eigenvalue weighted by Crippen LogP contribution is 2.20. The van der Waals surface area contributed by atoms with E-state index in [0.29, 0.717) is 24.5 Å². The fourth-order valence-corrected chi connectivity index (χ4v) is 3.12. The van der Waals surface area contributed by atoms with E-state index in [0.717, 1.165) is 17.9 Å². The van der Waals surface area contributed by atoms with Crippen LogP contribution in [-0.2, 0) is 0 Å². The van der Waals surface area contributed by atoms with Crippen LogP contribution in [0.15, 0.2) is 54.2 Å². The summed E-state index contributed by atoms with van der Waals surface area (Å²) in [6.45, 7) is 3.29. The van der Waals surface area contributed by atoms with E-state index in [4.69, 9.17) is 4.74 Å². The molecule has 0 unspecified atom stereocenters. The van der Waals surface area contributed by atoms with E-state index in [9.17, 15) is 4.79 Å². The normalized spacial score (nSPS) is 13.6. The van der Waals surface area contributed by atoms with Gasteiger partial charge < -0.3 is 15.4 Å². The van der Waals surface area contributed by atoms with Crippen molar-refractivity contribution in [2.45, 2.75) is 39.0 Å². The first-order valence-corrected chi connectivity index (χ1v) is 9.66. The Morgan fingerprint density at radius 3 is 2.67 bits per heavy atom. The molecule has 0 aliphatic heterocycles. The summed E-state index contributed by atoms with van der Waals surface area (Å²) in [7, 11) is 0. The largest absolute Gasteiger partial charge is 0.494 e. The van der Waals surface area contributed by atoms with Crippen LogP contribution in [0.2, 0.25) is 0 Å². The van der Waals surface area contributed by atoms with Crippen LogP contribution >= 0.6 is 0 Å². The predicted molar refractivity (Wildman–Crippen MR) is 109 cm³/mol. The van der Waals surface area contributed by atoms with Gasteiger partial charge in [0.25, 0.3) is 5.91 Å². The molecule has 27 heavy (non-hydrogen) atoms. The minimum atomic E-state index is -0.0773. The molecule has 0 atom stereocenters. The molecule has 142 valence electrons. The average molecular weight is 365 g/mol. The van der Waals surface area contributed by atoms with Gasteiger partial charge in [0.05, 0.1) is 12.2 Å². The van der Waals surface area contributed by atoms with E-state index >= 15 is 0 Å². The maximum absolute atomic E-state index is 12.3. The Kier molecular flexibility index (Phi) is 6.85. The molecule has 0 saturated carbocycles. The lowest BCUT2D eigenvalue weighted by Crippen LogP contribution is -2.25. The Labute approximate surface area is 160 Å². The summed E-state index contributed by atoms with van der Waals surface area (Å²) in [5.41, 5.74) is 2.96. The van der Waals surface area contributed by atoms with Crippen molar-refractivity contribution in [3.05, 3.63) is 59.8 Å². The molecular formula is C22H27N3O2. The fourth-order valence-electron chi connectivity index (χ4n) is 3.12. The maximum atomic E-state index is 12.3. The number of hydrogen-bond donors (Lipinski definition) is 2. The number of nitrogens with one attached hydrogen (secondary N) is 2. The Morgan fingerprint density at radius 1 is 1.15 bits per heavy atom. The zero-order valence-corrected chi connectivity index (χ0v) is 15.8. The zero-order chi connectivity index (χ0) is 18.9. The third kappa shape index (κ3) is 5.84. The van der Waals surface area contributed by atoms with E-state index in [-0.39, 0.29) is 5.91 Å². The summed E-state index contributed by atoms with van der Waals surface area (Å²) < 4.78 is 5.43. The number of pyridine rings is 1. The molecule has 0 bridgehead atoms. The summed E-state index contributed by atoms with van der Waals surface area (Å²) in [4.78, 5) is 16.6. The number of carbonyl (C=O) groups excluding carboxylic acids is 1. The first-order chi connectivity index (χ1) is 13.2. The quantitative estimate of drug-likeness (QED) is 0.657. The molecule has 3 rings (SSSR count). The number of anilines is 2. The summed E-state index contributed by atoms with van der Waals surface area (Å²) >= 11 is 0. The first-order valence-electron chi connectivity index (χ1n) is 9.66. The average Bonchev–Trinajstić information content (AvgIpc) is 2.71. The van der Waals surface area contributed by atoms with Crippen molar-refractivity contribution >= 4 is 17.4 Å². The van der Waals surface area contributed by atoms with Crippen LogP contribution in [0.3, 0.4) is 0 Å². The van der Waals surface area contributed by atoms with E-state index < -0.39 is 0 Å². The molecule has 2 aromatic rings. The second kappa shape index (κ2) is 9.76. The van der Waals surface area contributed by atoms with E-state index in [1.54, 1.807) is 12.3 Å². The van der Waals surface area contributed by atoms with E-state index in [1.807, 2.05) is 37.3 Å². The molecular weight excluding hydrogens is 338 g/mol. The fraction of sp³-hybridized carbons (Fsp3) is 0.364. The minimum absolute atomic E-state index is 0.0773. The topological polar surface area (TPSA) is 63.2 Å². The van der Waals surface area contributed by atoms with Crippen LogP contribution in [0.25, 0.3) is 0 Å². The second-order valence-corrected chi connectivity index (χ2v) is 6.63. The van der Waals surface area contributed by atoms with Gasteiger partial charge in [0.1, 0.15) is 11.6 Å². The molecule has 1 aromatic carbocycles. The molecule has 5 nitrogen and oxygen atoms in total. The van der Waals surface area contributed by atoms with Crippen LogP contribution in [-0.4, -0.2) is 24.0 Å². The third-order valence-corrected chi connectivity index (χ3v) is 4.58. The molecule has 0 fully saturated rings. The van der Waals surface area contributed by atoms with Crippen LogP contribution in [0.1, 0.15) is 49.4 Å². The van der Waals surface area contributed by atoms with Crippen molar-refractivity contribution in [2.75, 3.05) is 18.5 Å². The Hall–Kier alpha value is -2.82. The Balaban J connectivity index is 1.48. The first kappa shape index (κ1) is 19.0. The van der Waals surface area contributed by atoms with Crippen molar-refractivity contribution in [1.29, 1.82) is 0 Å². The number of hydrogen-bond acceptors (Lipinski definition) is 4. The highest BCUT2D eigenvalue weighted by atomic mass is 16.5. The summed E-state index contributed by atoms with van der Waals surface area (Å²) in [5, 5.41) is 6.20. The van der Waals surface area contributed by atoms with Crippen molar-refractivity contribution in [1.82, 2.24) is 10.3 Å². The molecule has 0 radical (unpaired) electrons. The molecule has 0 saturated heterocycles. The SMILES string of the molecule is CCOc1ccc(Nc2ccc(C(=O)NCCC3=CCCCC3)cn2)cc1. The molecule has 1 heterocycles. The maximum Gasteiger partial charge on any atom is 0.252 e. The lowest BCUT2D eigenvalue weighted by molar-refractivity contribution is 0.0953. The number of carbonyl (C=O) groups is 1. The highest BCUT2D eigenvalue weighted by Gasteiger charge is 2.08. The Morgan fingerprint density at radius 2 is 2.00 bits per heavy atom. The highest BCUT2D eigenvalue weighted by molar-refractivity contribution is 5.94. The van der Waals surface area contributed by atoms with Crippen molar-refractivity contribution in [3.8, 4) is 5.75 Å². The summed E-state index contributed by atoms with van der Waals surface area (Å²) in [6.07, 6.45) is 9.77. The van der Waals surface area contributed by atoms with Gasteiger partial charge in [-0.2, -0.15) is 0 Å². The molecule has 1 aliphatic rings. The van der Waals surface area contributed by atoms with Gasteiger partial charge in [-0.1, -0.05) is 11.6 Å². The molecule has 2 N–H and O–H groups in total. The van der Waals surface area contributed by atoms with Crippen LogP contribution in [0.5, 0.6) is 5.75 Å². The van der Waals surface area contributed by atoms with Crippen LogP contribution in [0.4, 0.5) is 11.5 Å². The lowest BCUT2D eigenvalue weighted by atomic mass is 9.97. The monoisotopic (exact) mass is 365 g/mol. The number of nitrogens with zero attached hydrogens (tertiary/aromatic N) is 1. The summed E-state index contributed by atoms with van der Waals surface area (Å²) in [5.74, 6) is 1.46. The molecule has 1 amide bonds. The van der Waals surface area contributed by atoms with Gasteiger partial charge in [0.2, 0.25) is 0 Å². The van der Waals surface area contributed by atoms with Crippen molar-refractivity contribution < 1.29 is 9.53 Å². The molecule has 5 heteroatoms. The predicted octanol–water partition coefficient (Wildman–Crippen LogP) is 4.84. The van der Waals surface area contributed by atoms with Gasteiger partial charge >= 0.3 is 0 Å². The smallest absolute Gasteiger partial charge is 0.252 e. The zero-order valence-electron chi connectivity index (χ0n) is 15.8. The van der Waals surface area contributed by atoms with Crippen molar-refractivity contribution in [2.24, 2.45) is 0 Å². The van der Waals surface area contributed by atoms with Gasteiger partial charge in [-0.25, -0.2) is 4.98 Å². The standard InChI is InChI=1S/C22H27N3O2/c1-2-27-20-11-9-19(10-12-20)25-21-13-8-18(16-24-21)22(26)23-15-14-17-6-4-3-5-7-17/h6,8-13,16H,2-5,7,14-15H2,1H3,(H,23,26)(H,24,25). The van der Waals surface area contributed by atoms with Gasteiger partial charge in [-0.15, -0.1) is 0 Å². The van der Waals surface area contributed by atoms with Crippen LogP contribution in [0, 0.1) is 0 Å². The second-order valence-electron chi connectivity index (χ2n) is 6.63. The summed E-state index contributed by atoms with van der Waals surface area (Å²) in [6, 6.07) is 11.3. The lowest BCUT2D eigenvalue weighted by Gasteiger charge is -2.13. The van der Waals surface area contributed by atoms with Gasteiger partial charge in [0, 0.05) is 18.4 Å². The molecule has 1 aliphatic carbocycles. The number of aromatic nitrogens is 1. The number of benzene rings is 1. The number of amides is 1. The minimum Gasteiger partial charge on any atom is -0.494 e. The molecule has 1 aromatic heterocycles. The molecule has 0 spiro atoms. The number of rotatable bonds is 8.